The number of sulfonamides is 1. The summed E-state index contributed by atoms with van der Waals surface area (Å²) in [6, 6.07) is 1.22. The molecule has 0 spiro atoms. The molecule has 1 N–H and O–H groups in total. The maximum atomic E-state index is 12.5. The molecule has 0 radical (unpaired) electrons. The topological polar surface area (TPSA) is 70.5 Å². The van der Waals surface area contributed by atoms with E-state index in [1.807, 2.05) is 0 Å². The van der Waals surface area contributed by atoms with Gasteiger partial charge in [-0.25, -0.2) is 8.42 Å². The second kappa shape index (κ2) is 5.64. The van der Waals surface area contributed by atoms with Gasteiger partial charge in [0, 0.05) is 29.5 Å². The van der Waals surface area contributed by atoms with Gasteiger partial charge in [0.2, 0.25) is 10.0 Å². The first kappa shape index (κ1) is 13.9. The molecule has 1 aromatic heterocycles. The zero-order valence-corrected chi connectivity index (χ0v) is 12.2. The Balaban J connectivity index is 2.35. The lowest BCUT2D eigenvalue weighted by atomic mass is 10.1. The molecule has 2 rings (SSSR count). The Morgan fingerprint density at radius 3 is 2.89 bits per heavy atom. The monoisotopic (exact) mass is 334 g/mol. The van der Waals surface area contributed by atoms with Crippen LogP contribution >= 0.6 is 15.9 Å². The van der Waals surface area contributed by atoms with E-state index in [4.69, 9.17) is 0 Å². The van der Waals surface area contributed by atoms with Gasteiger partial charge in [0.05, 0.1) is 6.61 Å². The standard InChI is InChI=1S/C11H15BrN2O3S/c12-9-5-11(7-13-6-9)18(16,17)14-4-2-1-3-10(14)8-15/h5-7,10,15H,1-4,8H2. The van der Waals surface area contributed by atoms with Crippen molar-refractivity contribution >= 4 is 26.0 Å². The van der Waals surface area contributed by atoms with Crippen molar-refractivity contribution in [3.8, 4) is 0 Å². The summed E-state index contributed by atoms with van der Waals surface area (Å²) in [5, 5.41) is 9.30. The summed E-state index contributed by atoms with van der Waals surface area (Å²) in [4.78, 5) is 4.05. The van der Waals surface area contributed by atoms with Crippen molar-refractivity contribution in [1.29, 1.82) is 0 Å². The Bertz CT molecular complexity index is 521. The summed E-state index contributed by atoms with van der Waals surface area (Å²) in [5.41, 5.74) is 0. The maximum Gasteiger partial charge on any atom is 0.244 e. The maximum absolute atomic E-state index is 12.5. The fourth-order valence-corrected chi connectivity index (χ4v) is 4.33. The van der Waals surface area contributed by atoms with Crippen molar-refractivity contribution in [2.24, 2.45) is 0 Å². The number of aliphatic hydroxyl groups excluding tert-OH is 1. The molecule has 0 bridgehead atoms. The van der Waals surface area contributed by atoms with Gasteiger partial charge in [0.1, 0.15) is 4.90 Å². The van der Waals surface area contributed by atoms with Crippen LogP contribution in [0.4, 0.5) is 0 Å². The van der Waals surface area contributed by atoms with Crippen molar-refractivity contribution in [3.05, 3.63) is 22.9 Å². The smallest absolute Gasteiger partial charge is 0.244 e. The van der Waals surface area contributed by atoms with Crippen molar-refractivity contribution < 1.29 is 13.5 Å². The van der Waals surface area contributed by atoms with Crippen LogP contribution in [-0.4, -0.2) is 42.0 Å². The highest BCUT2D eigenvalue weighted by atomic mass is 79.9. The van der Waals surface area contributed by atoms with Crippen LogP contribution < -0.4 is 0 Å². The molecule has 100 valence electrons. The lowest BCUT2D eigenvalue weighted by Gasteiger charge is -2.33. The second-order valence-electron chi connectivity index (χ2n) is 4.29. The van der Waals surface area contributed by atoms with Gasteiger partial charge in [0.25, 0.3) is 0 Å². The van der Waals surface area contributed by atoms with E-state index in [9.17, 15) is 13.5 Å². The molecule has 0 saturated carbocycles. The van der Waals surface area contributed by atoms with Crippen LogP contribution in [0.25, 0.3) is 0 Å². The third-order valence-corrected chi connectivity index (χ3v) is 5.42. The number of piperidine rings is 1. The van der Waals surface area contributed by atoms with Crippen molar-refractivity contribution in [3.63, 3.8) is 0 Å². The van der Waals surface area contributed by atoms with Crippen molar-refractivity contribution in [2.75, 3.05) is 13.2 Å². The molecule has 7 heteroatoms. The average Bonchev–Trinajstić information content (AvgIpc) is 2.38. The number of hydrogen-bond donors (Lipinski definition) is 1. The Morgan fingerprint density at radius 1 is 1.44 bits per heavy atom. The SMILES string of the molecule is O=S(=O)(c1cncc(Br)c1)N1CCCCC1CO. The minimum atomic E-state index is -3.56. The summed E-state index contributed by atoms with van der Waals surface area (Å²) in [7, 11) is -3.56. The third kappa shape index (κ3) is 2.74. The van der Waals surface area contributed by atoms with Gasteiger partial charge >= 0.3 is 0 Å². The number of rotatable bonds is 3. The first-order chi connectivity index (χ1) is 8.55. The molecule has 1 fully saturated rings. The first-order valence-corrected chi connectivity index (χ1v) is 8.02. The van der Waals surface area contributed by atoms with Crippen LogP contribution in [0.15, 0.2) is 27.8 Å². The Labute approximate surface area is 115 Å². The molecule has 0 aliphatic carbocycles. The second-order valence-corrected chi connectivity index (χ2v) is 7.09. The zero-order chi connectivity index (χ0) is 13.2. The fourth-order valence-electron chi connectivity index (χ4n) is 2.14. The van der Waals surface area contributed by atoms with E-state index in [0.29, 0.717) is 17.4 Å². The Kier molecular flexibility index (Phi) is 4.37. The summed E-state index contributed by atoms with van der Waals surface area (Å²) < 4.78 is 26.9. The largest absolute Gasteiger partial charge is 0.395 e. The first-order valence-electron chi connectivity index (χ1n) is 5.79. The van der Waals surface area contributed by atoms with Gasteiger partial charge in [-0.2, -0.15) is 4.31 Å². The number of pyridine rings is 1. The number of halogens is 1. The molecule has 1 aliphatic heterocycles. The highest BCUT2D eigenvalue weighted by molar-refractivity contribution is 9.10. The molecule has 1 aliphatic rings. The molecule has 1 atom stereocenters. The zero-order valence-electron chi connectivity index (χ0n) is 9.79. The van der Waals surface area contributed by atoms with Crippen LogP contribution in [0.3, 0.4) is 0 Å². The normalized spacial score (nSPS) is 22.0. The minimum absolute atomic E-state index is 0.138. The highest BCUT2D eigenvalue weighted by Crippen LogP contribution is 2.25. The minimum Gasteiger partial charge on any atom is -0.395 e. The summed E-state index contributed by atoms with van der Waals surface area (Å²) in [5.74, 6) is 0. The van der Waals surface area contributed by atoms with E-state index >= 15 is 0 Å². The average molecular weight is 335 g/mol. The Hall–Kier alpha value is -0.500. The van der Waals surface area contributed by atoms with Gasteiger partial charge < -0.3 is 5.11 Å². The molecule has 18 heavy (non-hydrogen) atoms. The van der Waals surface area contributed by atoms with Gasteiger partial charge in [-0.15, -0.1) is 0 Å². The number of aromatic nitrogens is 1. The Morgan fingerprint density at radius 2 is 2.22 bits per heavy atom. The molecular weight excluding hydrogens is 320 g/mol. The molecule has 0 aromatic carbocycles. The molecule has 1 saturated heterocycles. The lowest BCUT2D eigenvalue weighted by molar-refractivity contribution is 0.155. The van der Waals surface area contributed by atoms with Gasteiger partial charge in [-0.3, -0.25) is 4.98 Å². The number of nitrogens with zero attached hydrogens (tertiary/aromatic N) is 2. The fraction of sp³-hybridized carbons (Fsp3) is 0.545. The third-order valence-electron chi connectivity index (χ3n) is 3.07. The molecule has 5 nitrogen and oxygen atoms in total. The van der Waals surface area contributed by atoms with Crippen LogP contribution in [0.2, 0.25) is 0 Å². The van der Waals surface area contributed by atoms with Crippen molar-refractivity contribution in [1.82, 2.24) is 9.29 Å². The molecule has 1 unspecified atom stereocenters. The molecule has 0 amide bonds. The highest BCUT2D eigenvalue weighted by Gasteiger charge is 2.33. The van der Waals surface area contributed by atoms with Gasteiger partial charge in [0.15, 0.2) is 0 Å². The number of aliphatic hydroxyl groups is 1. The predicted octanol–water partition coefficient (Wildman–Crippen LogP) is 1.38. The van der Waals surface area contributed by atoms with Gasteiger partial charge in [-0.05, 0) is 34.8 Å². The molecule has 2 heterocycles. The molecular formula is C11H15BrN2O3S. The van der Waals surface area contributed by atoms with E-state index in [1.165, 1.54) is 16.6 Å². The summed E-state index contributed by atoms with van der Waals surface area (Å²) >= 11 is 3.22. The predicted molar refractivity (Wildman–Crippen MR) is 70.6 cm³/mol. The van der Waals surface area contributed by atoms with Crippen LogP contribution in [0.1, 0.15) is 19.3 Å². The van der Waals surface area contributed by atoms with E-state index in [1.54, 1.807) is 6.20 Å². The van der Waals surface area contributed by atoms with Crippen molar-refractivity contribution in [2.45, 2.75) is 30.2 Å². The quantitative estimate of drug-likeness (QED) is 0.906. The van der Waals surface area contributed by atoms with E-state index in [-0.39, 0.29) is 17.5 Å². The lowest BCUT2D eigenvalue weighted by Crippen LogP contribution is -2.45. The molecule has 1 aromatic rings. The summed E-state index contributed by atoms with van der Waals surface area (Å²) in [6.45, 7) is 0.320. The number of hydrogen-bond acceptors (Lipinski definition) is 4. The van der Waals surface area contributed by atoms with Crippen LogP contribution in [0, 0.1) is 0 Å². The van der Waals surface area contributed by atoms with Gasteiger partial charge in [-0.1, -0.05) is 6.42 Å². The van der Waals surface area contributed by atoms with Crippen LogP contribution in [0.5, 0.6) is 0 Å². The van der Waals surface area contributed by atoms with Crippen LogP contribution in [-0.2, 0) is 10.0 Å². The van der Waals surface area contributed by atoms with E-state index < -0.39 is 10.0 Å². The van der Waals surface area contributed by atoms with E-state index in [0.717, 1.165) is 12.8 Å². The summed E-state index contributed by atoms with van der Waals surface area (Å²) in [6.07, 6.45) is 5.37. The van der Waals surface area contributed by atoms with E-state index in [2.05, 4.69) is 20.9 Å².